The minimum Gasteiger partial charge on any atom is -0.326 e. The predicted octanol–water partition coefficient (Wildman–Crippen LogP) is 2.63. The van der Waals surface area contributed by atoms with E-state index >= 15 is 0 Å². The summed E-state index contributed by atoms with van der Waals surface area (Å²) in [6.45, 7) is 0. The minimum absolute atomic E-state index is 0.0269. The van der Waals surface area contributed by atoms with E-state index in [4.69, 9.17) is 0 Å². The lowest BCUT2D eigenvalue weighted by Crippen LogP contribution is -2.09. The molecule has 0 saturated heterocycles. The molecule has 6 heteroatoms. The van der Waals surface area contributed by atoms with Crippen molar-refractivity contribution in [1.29, 1.82) is 0 Å². The number of carbonyl (C=O) groups excluding carboxylic acids is 1. The van der Waals surface area contributed by atoms with Crippen LogP contribution >= 0.6 is 15.9 Å². The Balaban J connectivity index is 2.50. The number of amides is 1. The zero-order chi connectivity index (χ0) is 11.7. The van der Waals surface area contributed by atoms with E-state index in [1.807, 2.05) is 0 Å². The Morgan fingerprint density at radius 2 is 2.12 bits per heavy atom. The van der Waals surface area contributed by atoms with Crippen LogP contribution in [0, 0.1) is 10.1 Å². The van der Waals surface area contributed by atoms with Crippen molar-refractivity contribution < 1.29 is 9.72 Å². The van der Waals surface area contributed by atoms with E-state index in [-0.39, 0.29) is 11.6 Å². The second-order valence-corrected chi connectivity index (χ2v) is 4.47. The van der Waals surface area contributed by atoms with E-state index in [9.17, 15) is 14.9 Å². The van der Waals surface area contributed by atoms with E-state index in [1.165, 1.54) is 6.07 Å². The number of rotatable bonds is 1. The number of benzene rings is 1. The number of halogens is 1. The molecule has 1 aliphatic rings. The standard InChI is InChI=1S/C10H9BrN2O3/c11-7-4-6-2-1-3-10(14)12-8(6)5-9(7)13(15)16/h4-5H,1-3H2,(H,12,14). The highest BCUT2D eigenvalue weighted by molar-refractivity contribution is 9.10. The van der Waals surface area contributed by atoms with Gasteiger partial charge in [0.15, 0.2) is 0 Å². The first-order chi connectivity index (χ1) is 7.58. The summed E-state index contributed by atoms with van der Waals surface area (Å²) in [5.41, 5.74) is 1.46. The third-order valence-corrected chi connectivity index (χ3v) is 3.13. The molecule has 16 heavy (non-hydrogen) atoms. The van der Waals surface area contributed by atoms with Gasteiger partial charge >= 0.3 is 0 Å². The zero-order valence-corrected chi connectivity index (χ0v) is 9.91. The Labute approximate surface area is 100 Å². The average molecular weight is 285 g/mol. The summed E-state index contributed by atoms with van der Waals surface area (Å²) in [7, 11) is 0. The first kappa shape index (κ1) is 11.1. The van der Waals surface area contributed by atoms with Crippen LogP contribution in [0.2, 0.25) is 0 Å². The number of hydrogen-bond acceptors (Lipinski definition) is 3. The fraction of sp³-hybridized carbons (Fsp3) is 0.300. The first-order valence-electron chi connectivity index (χ1n) is 4.84. The molecule has 0 bridgehead atoms. The van der Waals surface area contributed by atoms with Crippen LogP contribution in [0.5, 0.6) is 0 Å². The molecular formula is C10H9BrN2O3. The predicted molar refractivity (Wildman–Crippen MR) is 62.4 cm³/mol. The second-order valence-electron chi connectivity index (χ2n) is 3.62. The van der Waals surface area contributed by atoms with Crippen LogP contribution in [-0.4, -0.2) is 10.8 Å². The molecule has 0 atom stereocenters. The van der Waals surface area contributed by atoms with Crippen LogP contribution in [0.3, 0.4) is 0 Å². The molecule has 0 aromatic heterocycles. The minimum atomic E-state index is -0.471. The van der Waals surface area contributed by atoms with Crippen molar-refractivity contribution in [2.45, 2.75) is 19.3 Å². The Hall–Kier alpha value is -1.43. The molecule has 0 radical (unpaired) electrons. The molecule has 1 heterocycles. The molecule has 1 aromatic carbocycles. The molecule has 1 N–H and O–H groups in total. The lowest BCUT2D eigenvalue weighted by molar-refractivity contribution is -0.385. The number of carbonyl (C=O) groups is 1. The Bertz CT molecular complexity index is 473. The topological polar surface area (TPSA) is 72.2 Å². The number of nitro groups is 1. The van der Waals surface area contributed by atoms with Crippen LogP contribution in [0.25, 0.3) is 0 Å². The van der Waals surface area contributed by atoms with Gasteiger partial charge in [-0.25, -0.2) is 0 Å². The van der Waals surface area contributed by atoms with E-state index in [0.29, 0.717) is 16.6 Å². The summed E-state index contributed by atoms with van der Waals surface area (Å²) in [6.07, 6.45) is 1.98. The molecule has 0 aliphatic carbocycles. The molecule has 84 valence electrons. The number of nitro benzene ring substituents is 1. The summed E-state index contributed by atoms with van der Waals surface area (Å²) >= 11 is 3.16. The molecule has 1 aliphatic heterocycles. The van der Waals surface area contributed by atoms with Gasteiger partial charge in [-0.1, -0.05) is 0 Å². The lowest BCUT2D eigenvalue weighted by atomic mass is 10.1. The lowest BCUT2D eigenvalue weighted by Gasteiger charge is -2.07. The molecule has 0 saturated carbocycles. The van der Waals surface area contributed by atoms with Gasteiger partial charge in [-0.2, -0.15) is 0 Å². The number of fused-ring (bicyclic) bond motifs is 1. The van der Waals surface area contributed by atoms with Crippen LogP contribution in [-0.2, 0) is 11.2 Å². The highest BCUT2D eigenvalue weighted by atomic mass is 79.9. The quantitative estimate of drug-likeness (QED) is 0.636. The second kappa shape index (κ2) is 4.21. The summed E-state index contributed by atoms with van der Waals surface area (Å²) in [5, 5.41) is 13.4. The van der Waals surface area contributed by atoms with Crippen molar-refractivity contribution >= 4 is 33.2 Å². The third kappa shape index (κ3) is 2.06. The van der Waals surface area contributed by atoms with Crippen LogP contribution in [0.4, 0.5) is 11.4 Å². The molecule has 2 rings (SSSR count). The number of hydrogen-bond donors (Lipinski definition) is 1. The summed E-state index contributed by atoms with van der Waals surface area (Å²) in [5.74, 6) is -0.0876. The maximum Gasteiger partial charge on any atom is 0.285 e. The third-order valence-electron chi connectivity index (χ3n) is 2.49. The number of nitrogens with one attached hydrogen (secondary N) is 1. The van der Waals surface area contributed by atoms with Crippen LogP contribution in [0.15, 0.2) is 16.6 Å². The van der Waals surface area contributed by atoms with E-state index < -0.39 is 4.92 Å². The average Bonchev–Trinajstić information content (AvgIpc) is 2.37. The summed E-state index contributed by atoms with van der Waals surface area (Å²) < 4.78 is 0.451. The van der Waals surface area contributed by atoms with Gasteiger partial charge in [-0.15, -0.1) is 0 Å². The SMILES string of the molecule is O=C1CCCc2cc(Br)c([N+](=O)[O-])cc2N1. The highest BCUT2D eigenvalue weighted by Gasteiger charge is 2.19. The molecule has 0 fully saturated rings. The van der Waals surface area contributed by atoms with Crippen LogP contribution in [0.1, 0.15) is 18.4 Å². The fourth-order valence-corrected chi connectivity index (χ4v) is 2.25. The number of nitrogens with zero attached hydrogens (tertiary/aromatic N) is 1. The van der Waals surface area contributed by atoms with Crippen molar-refractivity contribution in [3.8, 4) is 0 Å². The Morgan fingerprint density at radius 3 is 2.81 bits per heavy atom. The number of aryl methyl sites for hydroxylation is 1. The first-order valence-corrected chi connectivity index (χ1v) is 5.64. The summed E-state index contributed by atoms with van der Waals surface area (Å²) in [6, 6.07) is 3.11. The van der Waals surface area contributed by atoms with E-state index in [2.05, 4.69) is 21.2 Å². The molecule has 1 amide bonds. The molecule has 5 nitrogen and oxygen atoms in total. The van der Waals surface area contributed by atoms with E-state index in [0.717, 1.165) is 18.4 Å². The monoisotopic (exact) mass is 284 g/mol. The Kier molecular flexibility index (Phi) is 2.91. The molecule has 1 aromatic rings. The van der Waals surface area contributed by atoms with Crippen molar-refractivity contribution in [2.75, 3.05) is 5.32 Å². The van der Waals surface area contributed by atoms with Gasteiger partial charge in [0.2, 0.25) is 5.91 Å². The normalized spacial score (nSPS) is 14.9. The molecule has 0 spiro atoms. The largest absolute Gasteiger partial charge is 0.326 e. The van der Waals surface area contributed by atoms with Gasteiger partial charge in [0.05, 0.1) is 15.1 Å². The van der Waals surface area contributed by atoms with Gasteiger partial charge in [-0.05, 0) is 40.4 Å². The van der Waals surface area contributed by atoms with Crippen molar-refractivity contribution in [3.05, 3.63) is 32.3 Å². The van der Waals surface area contributed by atoms with Gasteiger partial charge in [0.1, 0.15) is 0 Å². The van der Waals surface area contributed by atoms with Crippen molar-refractivity contribution in [3.63, 3.8) is 0 Å². The zero-order valence-electron chi connectivity index (χ0n) is 8.33. The summed E-state index contributed by atoms with van der Waals surface area (Å²) in [4.78, 5) is 21.6. The molecule has 0 unspecified atom stereocenters. The maximum atomic E-state index is 11.3. The van der Waals surface area contributed by atoms with Gasteiger partial charge in [-0.3, -0.25) is 14.9 Å². The van der Waals surface area contributed by atoms with Crippen molar-refractivity contribution in [1.82, 2.24) is 0 Å². The highest BCUT2D eigenvalue weighted by Crippen LogP contribution is 2.33. The molecular weight excluding hydrogens is 276 g/mol. The smallest absolute Gasteiger partial charge is 0.285 e. The Morgan fingerprint density at radius 1 is 1.38 bits per heavy atom. The van der Waals surface area contributed by atoms with Crippen LogP contribution < -0.4 is 5.32 Å². The van der Waals surface area contributed by atoms with Gasteiger partial charge in [0.25, 0.3) is 5.69 Å². The number of anilines is 1. The maximum absolute atomic E-state index is 11.3. The van der Waals surface area contributed by atoms with Gasteiger partial charge in [0, 0.05) is 12.5 Å². The van der Waals surface area contributed by atoms with Gasteiger partial charge < -0.3 is 5.32 Å². The fourth-order valence-electron chi connectivity index (χ4n) is 1.72. The van der Waals surface area contributed by atoms with Crippen molar-refractivity contribution in [2.24, 2.45) is 0 Å². The van der Waals surface area contributed by atoms with E-state index in [1.54, 1.807) is 6.07 Å².